The third-order valence-corrected chi connectivity index (χ3v) is 6.36. The van der Waals surface area contributed by atoms with Crippen LogP contribution in [0.4, 0.5) is 19.0 Å². The lowest BCUT2D eigenvalue weighted by molar-refractivity contribution is -0.137. The predicted octanol–water partition coefficient (Wildman–Crippen LogP) is 5.45. The van der Waals surface area contributed by atoms with Gasteiger partial charge in [0.1, 0.15) is 5.82 Å². The van der Waals surface area contributed by atoms with Crippen molar-refractivity contribution in [3.05, 3.63) is 100 Å². The molecule has 2 aromatic heterocycles. The summed E-state index contributed by atoms with van der Waals surface area (Å²) in [5, 5.41) is 0.764. The number of alkyl halides is 3. The molecule has 9 heteroatoms. The van der Waals surface area contributed by atoms with E-state index in [0.29, 0.717) is 29.2 Å². The summed E-state index contributed by atoms with van der Waals surface area (Å²) in [5.74, 6) is 0.130. The van der Waals surface area contributed by atoms with E-state index in [4.69, 9.17) is 10.5 Å². The van der Waals surface area contributed by atoms with Crippen LogP contribution in [-0.2, 0) is 24.1 Å². The van der Waals surface area contributed by atoms with Crippen LogP contribution in [0.15, 0.2) is 66.9 Å². The van der Waals surface area contributed by atoms with E-state index in [2.05, 4.69) is 9.97 Å². The molecule has 5 rings (SSSR count). The fourth-order valence-electron chi connectivity index (χ4n) is 4.40. The van der Waals surface area contributed by atoms with E-state index in [1.807, 2.05) is 37.3 Å². The molecule has 1 unspecified atom stereocenters. The van der Waals surface area contributed by atoms with Gasteiger partial charge < -0.3 is 15.4 Å². The lowest BCUT2D eigenvalue weighted by Gasteiger charge is -2.35. The van der Waals surface area contributed by atoms with Crippen molar-refractivity contribution in [1.82, 2.24) is 14.9 Å². The molecule has 184 valence electrons. The zero-order valence-corrected chi connectivity index (χ0v) is 19.4. The standard InChI is InChI=1S/C27H23F3N4O2/c1-16-10-19-11-17(6-9-23(19)33-25(16)31)26(35)34(13-21-8-7-20(12-32-21)27(28,29)30)24-15-36-14-18-4-2-3-5-22(18)24/h2-12,24H,13-15H2,1H3,(H2,31,33). The first-order valence-corrected chi connectivity index (χ1v) is 11.4. The second-order valence-corrected chi connectivity index (χ2v) is 8.80. The zero-order chi connectivity index (χ0) is 25.4. The number of amides is 1. The van der Waals surface area contributed by atoms with E-state index in [1.165, 1.54) is 6.07 Å². The number of aromatic nitrogens is 2. The Labute approximate surface area is 205 Å². The van der Waals surface area contributed by atoms with Crippen molar-refractivity contribution in [1.29, 1.82) is 0 Å². The molecule has 6 nitrogen and oxygen atoms in total. The monoisotopic (exact) mass is 492 g/mol. The fraction of sp³-hybridized carbons (Fsp3) is 0.222. The SMILES string of the molecule is Cc1cc2cc(C(=O)N(Cc3ccc(C(F)(F)F)cn3)C3COCc4ccccc43)ccc2nc1N. The predicted molar refractivity (Wildman–Crippen MR) is 129 cm³/mol. The number of benzene rings is 2. The quantitative estimate of drug-likeness (QED) is 0.410. The van der Waals surface area contributed by atoms with Crippen LogP contribution in [-0.4, -0.2) is 27.4 Å². The molecule has 4 aromatic rings. The van der Waals surface area contributed by atoms with E-state index >= 15 is 0 Å². The first-order chi connectivity index (χ1) is 17.2. The summed E-state index contributed by atoms with van der Waals surface area (Å²) in [6, 6.07) is 16.6. The second-order valence-electron chi connectivity index (χ2n) is 8.80. The van der Waals surface area contributed by atoms with Crippen LogP contribution >= 0.6 is 0 Å². The van der Waals surface area contributed by atoms with Gasteiger partial charge in [-0.1, -0.05) is 24.3 Å². The number of carbonyl (C=O) groups excluding carboxylic acids is 1. The highest BCUT2D eigenvalue weighted by atomic mass is 19.4. The first kappa shape index (κ1) is 23.7. The van der Waals surface area contributed by atoms with Crippen molar-refractivity contribution in [3.8, 4) is 0 Å². The Morgan fingerprint density at radius 3 is 2.69 bits per heavy atom. The summed E-state index contributed by atoms with van der Waals surface area (Å²) in [7, 11) is 0. The highest BCUT2D eigenvalue weighted by molar-refractivity contribution is 5.98. The van der Waals surface area contributed by atoms with Gasteiger partial charge in [0, 0.05) is 17.1 Å². The van der Waals surface area contributed by atoms with Crippen molar-refractivity contribution < 1.29 is 22.7 Å². The van der Waals surface area contributed by atoms with Crippen molar-refractivity contribution in [2.45, 2.75) is 32.3 Å². The van der Waals surface area contributed by atoms with Crippen molar-refractivity contribution >= 4 is 22.6 Å². The Bertz CT molecular complexity index is 1440. The molecule has 0 spiro atoms. The van der Waals surface area contributed by atoms with Gasteiger partial charge in [-0.3, -0.25) is 9.78 Å². The number of carbonyl (C=O) groups is 1. The zero-order valence-electron chi connectivity index (χ0n) is 19.4. The van der Waals surface area contributed by atoms with Crippen molar-refractivity contribution in [2.75, 3.05) is 12.3 Å². The molecule has 1 aliphatic heterocycles. The number of rotatable bonds is 4. The largest absolute Gasteiger partial charge is 0.417 e. The summed E-state index contributed by atoms with van der Waals surface area (Å²) in [6.07, 6.45) is -3.70. The lowest BCUT2D eigenvalue weighted by atomic mass is 9.96. The Hall–Kier alpha value is -3.98. The van der Waals surface area contributed by atoms with E-state index in [1.54, 1.807) is 23.1 Å². The second kappa shape index (κ2) is 9.23. The van der Waals surface area contributed by atoms with Gasteiger partial charge in [0.25, 0.3) is 5.91 Å². The van der Waals surface area contributed by atoms with Gasteiger partial charge in [0.05, 0.1) is 42.6 Å². The van der Waals surface area contributed by atoms with Crippen LogP contribution in [0.3, 0.4) is 0 Å². The maximum absolute atomic E-state index is 13.9. The fourth-order valence-corrected chi connectivity index (χ4v) is 4.40. The summed E-state index contributed by atoms with van der Waals surface area (Å²) < 4.78 is 44.9. The van der Waals surface area contributed by atoms with Gasteiger partial charge in [-0.05, 0) is 60.0 Å². The van der Waals surface area contributed by atoms with Gasteiger partial charge in [-0.25, -0.2) is 4.98 Å². The number of fused-ring (bicyclic) bond motifs is 2. The van der Waals surface area contributed by atoms with Gasteiger partial charge in [-0.15, -0.1) is 0 Å². The lowest BCUT2D eigenvalue weighted by Crippen LogP contribution is -2.39. The molecule has 3 heterocycles. The van der Waals surface area contributed by atoms with E-state index in [0.717, 1.165) is 34.3 Å². The molecule has 0 bridgehead atoms. The van der Waals surface area contributed by atoms with Gasteiger partial charge in [-0.2, -0.15) is 13.2 Å². The number of nitrogens with two attached hydrogens (primary N) is 1. The molecular weight excluding hydrogens is 469 g/mol. The molecule has 36 heavy (non-hydrogen) atoms. The summed E-state index contributed by atoms with van der Waals surface area (Å²) in [4.78, 5) is 23.9. The number of ether oxygens (including phenoxy) is 1. The average molecular weight is 493 g/mol. The minimum absolute atomic E-state index is 0.0103. The third-order valence-electron chi connectivity index (χ3n) is 6.36. The average Bonchev–Trinajstić information content (AvgIpc) is 2.87. The summed E-state index contributed by atoms with van der Waals surface area (Å²) in [5.41, 5.74) is 9.20. The van der Waals surface area contributed by atoms with Crippen LogP contribution in [0, 0.1) is 6.92 Å². The number of nitrogens with zero attached hydrogens (tertiary/aromatic N) is 3. The number of hydrogen-bond acceptors (Lipinski definition) is 5. The van der Waals surface area contributed by atoms with Crippen LogP contribution in [0.2, 0.25) is 0 Å². The molecule has 0 fully saturated rings. The molecule has 1 atom stereocenters. The number of halogens is 3. The van der Waals surface area contributed by atoms with E-state index < -0.39 is 17.8 Å². The molecule has 0 saturated carbocycles. The molecule has 2 aromatic carbocycles. The van der Waals surface area contributed by atoms with Crippen molar-refractivity contribution in [3.63, 3.8) is 0 Å². The maximum atomic E-state index is 13.9. The normalized spacial score (nSPS) is 15.5. The molecule has 2 N–H and O–H groups in total. The molecule has 0 aliphatic carbocycles. The minimum atomic E-state index is -4.49. The summed E-state index contributed by atoms with van der Waals surface area (Å²) in [6.45, 7) is 2.54. The Balaban J connectivity index is 1.54. The van der Waals surface area contributed by atoms with Crippen LogP contribution < -0.4 is 5.73 Å². The van der Waals surface area contributed by atoms with Crippen LogP contribution in [0.25, 0.3) is 10.9 Å². The van der Waals surface area contributed by atoms with Gasteiger partial charge in [0.15, 0.2) is 0 Å². The van der Waals surface area contributed by atoms with Crippen LogP contribution in [0.1, 0.15) is 44.3 Å². The number of anilines is 1. The first-order valence-electron chi connectivity index (χ1n) is 11.4. The van der Waals surface area contributed by atoms with Gasteiger partial charge >= 0.3 is 6.18 Å². The van der Waals surface area contributed by atoms with Crippen LogP contribution in [0.5, 0.6) is 0 Å². The van der Waals surface area contributed by atoms with E-state index in [-0.39, 0.29) is 19.1 Å². The Morgan fingerprint density at radius 2 is 1.94 bits per heavy atom. The third kappa shape index (κ3) is 4.61. The number of pyridine rings is 2. The molecule has 1 amide bonds. The minimum Gasteiger partial charge on any atom is -0.383 e. The topological polar surface area (TPSA) is 81.3 Å². The number of aryl methyl sites for hydroxylation is 1. The Kier molecular flexibility index (Phi) is 6.09. The molecule has 0 radical (unpaired) electrons. The number of hydrogen-bond donors (Lipinski definition) is 1. The molecule has 1 aliphatic rings. The Morgan fingerprint density at radius 1 is 1.14 bits per heavy atom. The molecular formula is C27H23F3N4O2. The highest BCUT2D eigenvalue weighted by Crippen LogP contribution is 2.33. The highest BCUT2D eigenvalue weighted by Gasteiger charge is 2.33. The molecule has 0 saturated heterocycles. The maximum Gasteiger partial charge on any atom is 0.417 e. The van der Waals surface area contributed by atoms with Gasteiger partial charge in [0.2, 0.25) is 0 Å². The van der Waals surface area contributed by atoms with Crippen molar-refractivity contribution in [2.24, 2.45) is 0 Å². The summed E-state index contributed by atoms with van der Waals surface area (Å²) >= 11 is 0. The number of nitrogen functional groups attached to an aromatic ring is 1. The van der Waals surface area contributed by atoms with E-state index in [9.17, 15) is 18.0 Å². The smallest absolute Gasteiger partial charge is 0.383 e.